The number of thioether (sulfide) groups is 1. The van der Waals surface area contributed by atoms with Crippen molar-refractivity contribution in [2.75, 3.05) is 24.2 Å². The van der Waals surface area contributed by atoms with Crippen molar-refractivity contribution in [3.8, 4) is 0 Å². The van der Waals surface area contributed by atoms with Crippen molar-refractivity contribution in [1.29, 1.82) is 0 Å². The van der Waals surface area contributed by atoms with E-state index in [0.29, 0.717) is 22.9 Å². The van der Waals surface area contributed by atoms with Gasteiger partial charge in [0.25, 0.3) is 0 Å². The number of benzene rings is 2. The lowest BCUT2D eigenvalue weighted by molar-refractivity contribution is -0.115. The van der Waals surface area contributed by atoms with Gasteiger partial charge < -0.3 is 9.88 Å². The molecule has 1 aromatic heterocycles. The molecule has 1 aliphatic rings. The predicted molar refractivity (Wildman–Crippen MR) is 125 cm³/mol. The number of amides is 1. The second kappa shape index (κ2) is 10.8. The number of nitrogens with one attached hydrogen (secondary N) is 1. The van der Waals surface area contributed by atoms with Crippen LogP contribution in [0.5, 0.6) is 0 Å². The van der Waals surface area contributed by atoms with Crippen LogP contribution in [0.15, 0.2) is 59.8 Å². The molecule has 3 aromatic rings. The van der Waals surface area contributed by atoms with E-state index in [1.807, 2.05) is 30.3 Å². The second-order valence-corrected chi connectivity index (χ2v) is 9.11. The number of hydrogen-bond donors (Lipinski definition) is 1. The molecule has 1 N–H and O–H groups in total. The first-order chi connectivity index (χ1) is 15.2. The number of likely N-dealkylation sites (tertiary alicyclic amines) is 1. The Morgan fingerprint density at radius 1 is 1.03 bits per heavy atom. The van der Waals surface area contributed by atoms with Crippen LogP contribution in [0.4, 0.5) is 5.69 Å². The van der Waals surface area contributed by atoms with Crippen LogP contribution in [0, 0.1) is 0 Å². The van der Waals surface area contributed by atoms with Crippen LogP contribution in [0.25, 0.3) is 0 Å². The zero-order valence-electron chi connectivity index (χ0n) is 17.3. The Morgan fingerprint density at radius 2 is 1.84 bits per heavy atom. The Hall–Kier alpha value is -2.35. The lowest BCUT2D eigenvalue weighted by Gasteiger charge is -2.16. The molecule has 1 amide bonds. The molecule has 1 aliphatic heterocycles. The fraction of sp³-hybridized carbons (Fsp3) is 0.348. The van der Waals surface area contributed by atoms with Crippen molar-refractivity contribution in [2.45, 2.75) is 37.5 Å². The first-order valence-corrected chi connectivity index (χ1v) is 11.9. The van der Waals surface area contributed by atoms with E-state index < -0.39 is 0 Å². The summed E-state index contributed by atoms with van der Waals surface area (Å²) in [4.78, 5) is 14.7. The smallest absolute Gasteiger partial charge is 0.225 e. The largest absolute Gasteiger partial charge is 0.326 e. The first-order valence-electron chi connectivity index (χ1n) is 10.5. The number of nitrogens with zero attached hydrogens (tertiary/aromatic N) is 4. The summed E-state index contributed by atoms with van der Waals surface area (Å²) in [7, 11) is 0. The fourth-order valence-electron chi connectivity index (χ4n) is 3.63. The van der Waals surface area contributed by atoms with Gasteiger partial charge in [0.1, 0.15) is 5.82 Å². The molecule has 0 saturated carbocycles. The van der Waals surface area contributed by atoms with Gasteiger partial charge in [-0.05, 0) is 49.7 Å². The zero-order valence-corrected chi connectivity index (χ0v) is 18.9. The van der Waals surface area contributed by atoms with E-state index >= 15 is 0 Å². The molecular weight excluding hydrogens is 430 g/mol. The normalized spacial score (nSPS) is 14.1. The van der Waals surface area contributed by atoms with Gasteiger partial charge in [0, 0.05) is 22.9 Å². The zero-order chi connectivity index (χ0) is 21.5. The fourth-order valence-corrected chi connectivity index (χ4v) is 4.72. The molecule has 0 atom stereocenters. The first kappa shape index (κ1) is 21.9. The summed E-state index contributed by atoms with van der Waals surface area (Å²) in [6.45, 7) is 3.78. The molecule has 0 radical (unpaired) electrons. The Labute approximate surface area is 192 Å². The molecule has 6 nitrogen and oxygen atoms in total. The van der Waals surface area contributed by atoms with Gasteiger partial charge in [-0.1, -0.05) is 59.8 Å². The van der Waals surface area contributed by atoms with Gasteiger partial charge in [-0.2, -0.15) is 0 Å². The van der Waals surface area contributed by atoms with Crippen molar-refractivity contribution in [2.24, 2.45) is 0 Å². The number of carbonyl (C=O) groups is 1. The van der Waals surface area contributed by atoms with Crippen LogP contribution in [-0.4, -0.2) is 44.4 Å². The number of hydrogen-bond acceptors (Lipinski definition) is 5. The van der Waals surface area contributed by atoms with Gasteiger partial charge in [-0.25, -0.2) is 0 Å². The lowest BCUT2D eigenvalue weighted by Crippen LogP contribution is -2.21. The van der Waals surface area contributed by atoms with E-state index in [1.165, 1.54) is 18.4 Å². The highest BCUT2D eigenvalue weighted by atomic mass is 35.5. The maximum absolute atomic E-state index is 12.3. The molecule has 2 heterocycles. The van der Waals surface area contributed by atoms with Crippen LogP contribution >= 0.6 is 23.4 Å². The highest BCUT2D eigenvalue weighted by Gasteiger charge is 2.19. The van der Waals surface area contributed by atoms with E-state index in [-0.39, 0.29) is 5.91 Å². The highest BCUT2D eigenvalue weighted by molar-refractivity contribution is 7.99. The quantitative estimate of drug-likeness (QED) is 0.474. The molecule has 0 aliphatic carbocycles. The average Bonchev–Trinajstić information content (AvgIpc) is 3.40. The molecule has 0 bridgehead atoms. The SMILES string of the molecule is O=C(CCSc1nnc(CN2CCCC2)n1Cc1ccccc1)Nc1cccc(Cl)c1. The average molecular weight is 456 g/mol. The minimum atomic E-state index is -0.0406. The molecule has 8 heteroatoms. The van der Waals surface area contributed by atoms with Crippen LogP contribution in [0.1, 0.15) is 30.7 Å². The van der Waals surface area contributed by atoms with Crippen molar-refractivity contribution in [3.63, 3.8) is 0 Å². The van der Waals surface area contributed by atoms with Crippen LogP contribution in [0.3, 0.4) is 0 Å². The predicted octanol–water partition coefficient (Wildman–Crippen LogP) is 4.70. The summed E-state index contributed by atoms with van der Waals surface area (Å²) in [5.41, 5.74) is 1.92. The monoisotopic (exact) mass is 455 g/mol. The van der Waals surface area contributed by atoms with Crippen molar-refractivity contribution < 1.29 is 4.79 Å². The molecular formula is C23H26ClN5OS. The van der Waals surface area contributed by atoms with Gasteiger partial charge in [-0.15, -0.1) is 10.2 Å². The van der Waals surface area contributed by atoms with Gasteiger partial charge in [0.05, 0.1) is 13.1 Å². The molecule has 31 heavy (non-hydrogen) atoms. The van der Waals surface area contributed by atoms with Crippen molar-refractivity contribution >= 4 is 35.0 Å². The van der Waals surface area contributed by atoms with Gasteiger partial charge in [0.15, 0.2) is 5.16 Å². The minimum absolute atomic E-state index is 0.0406. The number of halogens is 1. The van der Waals surface area contributed by atoms with E-state index in [4.69, 9.17) is 11.6 Å². The number of anilines is 1. The Morgan fingerprint density at radius 3 is 2.61 bits per heavy atom. The molecule has 0 unspecified atom stereocenters. The summed E-state index contributed by atoms with van der Waals surface area (Å²) in [6, 6.07) is 17.5. The Bertz CT molecular complexity index is 1000. The molecule has 4 rings (SSSR count). The minimum Gasteiger partial charge on any atom is -0.326 e. The molecule has 162 valence electrons. The number of carbonyl (C=O) groups excluding carboxylic acids is 1. The molecule has 1 saturated heterocycles. The molecule has 0 spiro atoms. The highest BCUT2D eigenvalue weighted by Crippen LogP contribution is 2.22. The van der Waals surface area contributed by atoms with Gasteiger partial charge in [0.2, 0.25) is 5.91 Å². The lowest BCUT2D eigenvalue weighted by atomic mass is 10.2. The Balaban J connectivity index is 1.39. The third-order valence-electron chi connectivity index (χ3n) is 5.21. The number of rotatable bonds is 9. The van der Waals surface area contributed by atoms with E-state index in [0.717, 1.165) is 37.2 Å². The summed E-state index contributed by atoms with van der Waals surface area (Å²) in [5, 5.41) is 13.3. The van der Waals surface area contributed by atoms with E-state index in [1.54, 1.807) is 23.9 Å². The van der Waals surface area contributed by atoms with Crippen LogP contribution in [-0.2, 0) is 17.9 Å². The maximum Gasteiger partial charge on any atom is 0.225 e. The maximum atomic E-state index is 12.3. The van der Waals surface area contributed by atoms with Crippen molar-refractivity contribution in [1.82, 2.24) is 19.7 Å². The standard InChI is InChI=1S/C23H26ClN5OS/c24-19-9-6-10-20(15-19)25-22(30)11-14-31-23-27-26-21(17-28-12-4-5-13-28)29(23)16-18-7-2-1-3-8-18/h1-3,6-10,15H,4-5,11-14,16-17H2,(H,25,30). The summed E-state index contributed by atoms with van der Waals surface area (Å²) < 4.78 is 2.19. The Kier molecular flexibility index (Phi) is 7.61. The molecule has 1 fully saturated rings. The van der Waals surface area contributed by atoms with E-state index in [9.17, 15) is 4.79 Å². The molecule has 2 aromatic carbocycles. The van der Waals surface area contributed by atoms with Gasteiger partial charge in [-0.3, -0.25) is 9.69 Å². The van der Waals surface area contributed by atoms with Crippen LogP contribution in [0.2, 0.25) is 5.02 Å². The van der Waals surface area contributed by atoms with Crippen LogP contribution < -0.4 is 5.32 Å². The number of aromatic nitrogens is 3. The topological polar surface area (TPSA) is 63.1 Å². The summed E-state index contributed by atoms with van der Waals surface area (Å²) in [6.07, 6.45) is 2.88. The van der Waals surface area contributed by atoms with E-state index in [2.05, 4.69) is 37.1 Å². The third kappa shape index (κ3) is 6.32. The third-order valence-corrected chi connectivity index (χ3v) is 6.41. The summed E-state index contributed by atoms with van der Waals surface area (Å²) >= 11 is 7.55. The summed E-state index contributed by atoms with van der Waals surface area (Å²) in [5.74, 6) is 1.57. The van der Waals surface area contributed by atoms with Crippen molar-refractivity contribution in [3.05, 3.63) is 71.0 Å². The second-order valence-electron chi connectivity index (χ2n) is 7.61. The van der Waals surface area contributed by atoms with Gasteiger partial charge >= 0.3 is 0 Å².